The fraction of sp³-hybridized carbons (Fsp3) is 0.538. The van der Waals surface area contributed by atoms with Gasteiger partial charge in [-0.1, -0.05) is 6.07 Å². The van der Waals surface area contributed by atoms with Crippen molar-refractivity contribution in [1.82, 2.24) is 10.3 Å². The van der Waals surface area contributed by atoms with Crippen molar-refractivity contribution in [3.05, 3.63) is 24.4 Å². The Morgan fingerprint density at radius 1 is 1.41 bits per heavy atom. The number of hydrogen-bond donors (Lipinski definition) is 1. The molecule has 0 aliphatic heterocycles. The SMILES string of the molecule is CC(C)(C)NC(=O)N(c1ccccn1)C1CC1. The average Bonchev–Trinajstić information content (AvgIpc) is 3.01. The highest BCUT2D eigenvalue weighted by Crippen LogP contribution is 2.30. The third-order valence-electron chi connectivity index (χ3n) is 2.51. The van der Waals surface area contributed by atoms with Crippen LogP contribution in [0.2, 0.25) is 0 Å². The van der Waals surface area contributed by atoms with E-state index >= 15 is 0 Å². The number of anilines is 1. The molecule has 1 aromatic heterocycles. The van der Waals surface area contributed by atoms with Crippen LogP contribution >= 0.6 is 0 Å². The van der Waals surface area contributed by atoms with Crippen LogP contribution in [0, 0.1) is 0 Å². The quantitative estimate of drug-likeness (QED) is 0.853. The molecule has 0 atom stereocenters. The fourth-order valence-corrected chi connectivity index (χ4v) is 1.67. The number of rotatable bonds is 2. The monoisotopic (exact) mass is 233 g/mol. The van der Waals surface area contributed by atoms with Gasteiger partial charge in [0.2, 0.25) is 0 Å². The second-order valence-corrected chi connectivity index (χ2v) is 5.47. The Bertz CT molecular complexity index is 393. The van der Waals surface area contributed by atoms with Crippen LogP contribution in [0.5, 0.6) is 0 Å². The van der Waals surface area contributed by atoms with Crippen LogP contribution in [-0.2, 0) is 0 Å². The van der Waals surface area contributed by atoms with Crippen molar-refractivity contribution in [1.29, 1.82) is 0 Å². The van der Waals surface area contributed by atoms with E-state index in [2.05, 4.69) is 10.3 Å². The molecule has 1 heterocycles. The van der Waals surface area contributed by atoms with Crippen LogP contribution < -0.4 is 10.2 Å². The first kappa shape index (κ1) is 11.9. The summed E-state index contributed by atoms with van der Waals surface area (Å²) in [5.74, 6) is 0.733. The predicted octanol–water partition coefficient (Wildman–Crippen LogP) is 2.56. The van der Waals surface area contributed by atoms with Gasteiger partial charge < -0.3 is 5.32 Å². The van der Waals surface area contributed by atoms with E-state index in [-0.39, 0.29) is 11.6 Å². The minimum atomic E-state index is -0.223. The van der Waals surface area contributed by atoms with E-state index in [0.29, 0.717) is 6.04 Å². The van der Waals surface area contributed by atoms with Crippen LogP contribution in [0.15, 0.2) is 24.4 Å². The zero-order chi connectivity index (χ0) is 12.5. The summed E-state index contributed by atoms with van der Waals surface area (Å²) < 4.78 is 0. The standard InChI is InChI=1S/C13H19N3O/c1-13(2,3)15-12(17)16(10-7-8-10)11-6-4-5-9-14-11/h4-6,9-10H,7-8H2,1-3H3,(H,15,17). The van der Waals surface area contributed by atoms with Gasteiger partial charge in [-0.15, -0.1) is 0 Å². The van der Waals surface area contributed by atoms with Crippen molar-refractivity contribution in [2.45, 2.75) is 45.2 Å². The predicted molar refractivity (Wildman–Crippen MR) is 68.0 cm³/mol. The highest BCUT2D eigenvalue weighted by molar-refractivity contribution is 5.92. The molecule has 0 saturated heterocycles. The molecule has 17 heavy (non-hydrogen) atoms. The van der Waals surface area contributed by atoms with Gasteiger partial charge in [0.25, 0.3) is 0 Å². The van der Waals surface area contributed by atoms with Crippen molar-refractivity contribution < 1.29 is 4.79 Å². The molecule has 1 aliphatic rings. The largest absolute Gasteiger partial charge is 0.333 e. The summed E-state index contributed by atoms with van der Waals surface area (Å²) in [6.07, 6.45) is 3.84. The van der Waals surface area contributed by atoms with E-state index in [0.717, 1.165) is 18.7 Å². The van der Waals surface area contributed by atoms with Gasteiger partial charge in [-0.25, -0.2) is 9.78 Å². The molecule has 0 radical (unpaired) electrons. The molecular formula is C13H19N3O. The van der Waals surface area contributed by atoms with Gasteiger partial charge in [-0.05, 0) is 45.7 Å². The number of nitrogens with zero attached hydrogens (tertiary/aromatic N) is 2. The summed E-state index contributed by atoms with van der Waals surface area (Å²) >= 11 is 0. The molecule has 1 saturated carbocycles. The molecule has 1 aliphatic carbocycles. The Balaban J connectivity index is 2.16. The van der Waals surface area contributed by atoms with Crippen LogP contribution in [0.4, 0.5) is 10.6 Å². The molecule has 4 nitrogen and oxygen atoms in total. The summed E-state index contributed by atoms with van der Waals surface area (Å²) in [6.45, 7) is 5.94. The fourth-order valence-electron chi connectivity index (χ4n) is 1.67. The maximum atomic E-state index is 12.2. The van der Waals surface area contributed by atoms with Gasteiger partial charge in [-0.3, -0.25) is 4.90 Å². The highest BCUT2D eigenvalue weighted by atomic mass is 16.2. The van der Waals surface area contributed by atoms with Crippen LogP contribution in [0.1, 0.15) is 33.6 Å². The Hall–Kier alpha value is -1.58. The van der Waals surface area contributed by atoms with Crippen molar-refractivity contribution >= 4 is 11.8 Å². The second-order valence-electron chi connectivity index (χ2n) is 5.47. The molecule has 4 heteroatoms. The highest BCUT2D eigenvalue weighted by Gasteiger charge is 2.35. The topological polar surface area (TPSA) is 45.2 Å². The number of aromatic nitrogens is 1. The van der Waals surface area contributed by atoms with E-state index < -0.39 is 0 Å². The van der Waals surface area contributed by atoms with Gasteiger partial charge in [-0.2, -0.15) is 0 Å². The first-order valence-electron chi connectivity index (χ1n) is 6.00. The molecule has 1 aromatic rings. The molecule has 2 amide bonds. The molecular weight excluding hydrogens is 214 g/mol. The van der Waals surface area contributed by atoms with Crippen molar-refractivity contribution in [2.75, 3.05) is 4.90 Å². The molecule has 1 fully saturated rings. The summed E-state index contributed by atoms with van der Waals surface area (Å²) in [4.78, 5) is 18.2. The number of urea groups is 1. The van der Waals surface area contributed by atoms with E-state index in [4.69, 9.17) is 0 Å². The van der Waals surface area contributed by atoms with Crippen LogP contribution in [-0.4, -0.2) is 22.6 Å². The Morgan fingerprint density at radius 2 is 2.12 bits per heavy atom. The minimum absolute atomic E-state index is 0.0568. The Morgan fingerprint density at radius 3 is 2.59 bits per heavy atom. The Kier molecular flexibility index (Phi) is 3.05. The molecule has 2 rings (SSSR count). The van der Waals surface area contributed by atoms with Crippen molar-refractivity contribution in [3.8, 4) is 0 Å². The van der Waals surface area contributed by atoms with Crippen LogP contribution in [0.25, 0.3) is 0 Å². The maximum Gasteiger partial charge on any atom is 0.323 e. The van der Waals surface area contributed by atoms with E-state index in [1.165, 1.54) is 0 Å². The molecule has 0 aromatic carbocycles. The molecule has 0 bridgehead atoms. The van der Waals surface area contributed by atoms with Gasteiger partial charge in [0.1, 0.15) is 5.82 Å². The third-order valence-corrected chi connectivity index (χ3v) is 2.51. The average molecular weight is 233 g/mol. The maximum absolute atomic E-state index is 12.2. The summed E-state index contributed by atoms with van der Waals surface area (Å²) in [5, 5.41) is 2.99. The van der Waals surface area contributed by atoms with E-state index in [1.807, 2.05) is 39.0 Å². The normalized spacial score (nSPS) is 15.5. The lowest BCUT2D eigenvalue weighted by Crippen LogP contribution is -2.49. The first-order chi connectivity index (χ1) is 7.97. The molecule has 1 N–H and O–H groups in total. The third kappa shape index (κ3) is 3.19. The molecule has 0 unspecified atom stereocenters. The van der Waals surface area contributed by atoms with E-state index in [1.54, 1.807) is 11.1 Å². The number of carbonyl (C=O) groups is 1. The van der Waals surface area contributed by atoms with Crippen molar-refractivity contribution in [2.24, 2.45) is 0 Å². The van der Waals surface area contributed by atoms with E-state index in [9.17, 15) is 4.79 Å². The minimum Gasteiger partial charge on any atom is -0.333 e. The summed E-state index contributed by atoms with van der Waals surface area (Å²) in [7, 11) is 0. The number of hydrogen-bond acceptors (Lipinski definition) is 2. The van der Waals surface area contributed by atoms with Gasteiger partial charge in [0.05, 0.1) is 0 Å². The zero-order valence-corrected chi connectivity index (χ0v) is 10.6. The number of pyridine rings is 1. The van der Waals surface area contributed by atoms with Gasteiger partial charge >= 0.3 is 6.03 Å². The van der Waals surface area contributed by atoms with Crippen LogP contribution in [0.3, 0.4) is 0 Å². The van der Waals surface area contributed by atoms with Crippen molar-refractivity contribution in [3.63, 3.8) is 0 Å². The lowest BCUT2D eigenvalue weighted by molar-refractivity contribution is 0.237. The number of nitrogens with one attached hydrogen (secondary N) is 1. The lowest BCUT2D eigenvalue weighted by atomic mass is 10.1. The first-order valence-corrected chi connectivity index (χ1v) is 6.00. The molecule has 92 valence electrons. The Labute approximate surface area is 102 Å². The van der Waals surface area contributed by atoms with Gasteiger partial charge in [0, 0.05) is 17.8 Å². The lowest BCUT2D eigenvalue weighted by Gasteiger charge is -2.27. The smallest absolute Gasteiger partial charge is 0.323 e. The summed E-state index contributed by atoms with van der Waals surface area (Å²) in [6, 6.07) is 5.89. The molecule has 0 spiro atoms. The number of amides is 2. The van der Waals surface area contributed by atoms with Gasteiger partial charge in [0.15, 0.2) is 0 Å². The zero-order valence-electron chi connectivity index (χ0n) is 10.6. The summed E-state index contributed by atoms with van der Waals surface area (Å²) in [5.41, 5.74) is -0.223. The number of carbonyl (C=O) groups excluding carboxylic acids is 1. The second kappa shape index (κ2) is 4.35.